The van der Waals surface area contributed by atoms with Gasteiger partial charge in [-0.3, -0.25) is 4.79 Å². The van der Waals surface area contributed by atoms with Gasteiger partial charge in [0.1, 0.15) is 0 Å². The highest BCUT2D eigenvalue weighted by Gasteiger charge is 2.37. The van der Waals surface area contributed by atoms with Gasteiger partial charge in [0.2, 0.25) is 0 Å². The quantitative estimate of drug-likeness (QED) is 0.788. The lowest BCUT2D eigenvalue weighted by atomic mass is 10.0. The number of aromatic nitrogens is 3. The lowest BCUT2D eigenvalue weighted by molar-refractivity contribution is -0.145. The first kappa shape index (κ1) is 20.3. The van der Waals surface area contributed by atoms with E-state index in [0.717, 1.165) is 18.5 Å². The first-order valence-electron chi connectivity index (χ1n) is 9.43. The van der Waals surface area contributed by atoms with Crippen molar-refractivity contribution >= 4 is 22.9 Å². The molecular weight excluding hydrogens is 360 g/mol. The number of hydrogen-bond acceptors (Lipinski definition) is 5. The van der Waals surface area contributed by atoms with Gasteiger partial charge in [0.15, 0.2) is 11.2 Å². The zero-order chi connectivity index (χ0) is 20.9. The fourth-order valence-corrected chi connectivity index (χ4v) is 3.30. The minimum absolute atomic E-state index is 0.141. The van der Waals surface area contributed by atoms with Gasteiger partial charge in [-0.05, 0) is 53.5 Å². The van der Waals surface area contributed by atoms with Crippen LogP contribution < -0.4 is 5.32 Å². The van der Waals surface area contributed by atoms with E-state index in [1.807, 2.05) is 32.4 Å². The number of rotatable bonds is 6. The molecule has 1 amide bonds. The summed E-state index contributed by atoms with van der Waals surface area (Å²) in [5.74, 6) is -1.28. The molecule has 1 aliphatic carbocycles. The Labute approximate surface area is 164 Å². The molecule has 152 valence electrons. The summed E-state index contributed by atoms with van der Waals surface area (Å²) >= 11 is 0. The zero-order valence-electron chi connectivity index (χ0n) is 17.3. The van der Waals surface area contributed by atoms with Crippen molar-refractivity contribution in [2.75, 3.05) is 13.7 Å². The van der Waals surface area contributed by atoms with Gasteiger partial charge in [-0.25, -0.2) is 14.5 Å². The van der Waals surface area contributed by atoms with Gasteiger partial charge in [-0.1, -0.05) is 0 Å². The van der Waals surface area contributed by atoms with Gasteiger partial charge in [0.25, 0.3) is 5.91 Å². The van der Waals surface area contributed by atoms with Crippen molar-refractivity contribution in [1.82, 2.24) is 20.1 Å². The van der Waals surface area contributed by atoms with Crippen molar-refractivity contribution < 1.29 is 19.4 Å². The van der Waals surface area contributed by atoms with Gasteiger partial charge in [0.05, 0.1) is 28.8 Å². The van der Waals surface area contributed by atoms with Crippen molar-refractivity contribution in [3.05, 3.63) is 23.0 Å². The molecule has 2 heterocycles. The Morgan fingerprint density at radius 1 is 1.32 bits per heavy atom. The number of aryl methyl sites for hydroxylation is 1. The van der Waals surface area contributed by atoms with Crippen molar-refractivity contribution in [3.8, 4) is 0 Å². The van der Waals surface area contributed by atoms with Crippen molar-refractivity contribution in [3.63, 3.8) is 0 Å². The molecule has 0 bridgehead atoms. The number of carbonyl (C=O) groups is 2. The summed E-state index contributed by atoms with van der Waals surface area (Å²) in [7, 11) is 1.40. The lowest BCUT2D eigenvalue weighted by Gasteiger charge is -2.25. The van der Waals surface area contributed by atoms with E-state index in [4.69, 9.17) is 9.72 Å². The van der Waals surface area contributed by atoms with Crippen LogP contribution >= 0.6 is 0 Å². The van der Waals surface area contributed by atoms with Crippen molar-refractivity contribution in [2.45, 2.75) is 64.5 Å². The lowest BCUT2D eigenvalue weighted by Crippen LogP contribution is -2.55. The largest absolute Gasteiger partial charge is 0.479 e. The predicted octanol–water partition coefficient (Wildman–Crippen LogP) is 2.59. The molecule has 1 atom stereocenters. The number of nitrogens with zero attached hydrogens (tertiary/aromatic N) is 3. The summed E-state index contributed by atoms with van der Waals surface area (Å²) in [6, 6.07) is 1.78. The highest BCUT2D eigenvalue weighted by atomic mass is 16.5. The number of nitrogens with one attached hydrogen (secondary N) is 1. The first-order chi connectivity index (χ1) is 13.0. The fraction of sp³-hybridized carbons (Fsp3) is 0.600. The topological polar surface area (TPSA) is 106 Å². The van der Waals surface area contributed by atoms with Crippen LogP contribution in [0.4, 0.5) is 0 Å². The zero-order valence-corrected chi connectivity index (χ0v) is 17.3. The van der Waals surface area contributed by atoms with E-state index in [2.05, 4.69) is 10.4 Å². The molecule has 28 heavy (non-hydrogen) atoms. The Hall–Kier alpha value is -2.48. The second-order valence-corrected chi connectivity index (χ2v) is 8.76. The smallest absolute Gasteiger partial charge is 0.331 e. The summed E-state index contributed by atoms with van der Waals surface area (Å²) in [6.45, 7) is 9.23. The average Bonchev–Trinajstić information content (AvgIpc) is 3.37. The maximum Gasteiger partial charge on any atom is 0.331 e. The molecule has 1 fully saturated rings. The molecule has 2 N–H and O–H groups in total. The highest BCUT2D eigenvalue weighted by molar-refractivity contribution is 6.08. The Morgan fingerprint density at radius 3 is 2.46 bits per heavy atom. The summed E-state index contributed by atoms with van der Waals surface area (Å²) in [4.78, 5) is 29.7. The van der Waals surface area contributed by atoms with E-state index >= 15 is 0 Å². The molecule has 1 unspecified atom stereocenters. The number of carboxylic acid groups (broad SMARTS) is 1. The number of amides is 1. The predicted molar refractivity (Wildman–Crippen MR) is 105 cm³/mol. The second kappa shape index (κ2) is 6.84. The van der Waals surface area contributed by atoms with Crippen LogP contribution in [0.3, 0.4) is 0 Å². The van der Waals surface area contributed by atoms with Gasteiger partial charge < -0.3 is 15.2 Å². The molecule has 2 aromatic heterocycles. The summed E-state index contributed by atoms with van der Waals surface area (Å²) in [6.07, 6.45) is 2.08. The average molecular weight is 388 g/mol. The third-order valence-electron chi connectivity index (χ3n) is 5.00. The third-order valence-corrected chi connectivity index (χ3v) is 5.00. The van der Waals surface area contributed by atoms with Gasteiger partial charge >= 0.3 is 5.97 Å². The molecule has 3 rings (SSSR count). The molecule has 2 aromatic rings. The molecule has 0 radical (unpaired) electrons. The Balaban J connectivity index is 2.15. The Kier molecular flexibility index (Phi) is 4.95. The van der Waals surface area contributed by atoms with E-state index in [-0.39, 0.29) is 12.1 Å². The van der Waals surface area contributed by atoms with E-state index in [0.29, 0.717) is 28.2 Å². The molecule has 0 aliphatic heterocycles. The number of carbonyl (C=O) groups excluding carboxylic acids is 1. The van der Waals surface area contributed by atoms with E-state index < -0.39 is 17.4 Å². The summed E-state index contributed by atoms with van der Waals surface area (Å²) in [5.41, 5.74) is 0.767. The first-order valence-corrected chi connectivity index (χ1v) is 9.43. The maximum absolute atomic E-state index is 13.2. The van der Waals surface area contributed by atoms with Gasteiger partial charge in [-0.15, -0.1) is 0 Å². The molecule has 0 spiro atoms. The summed E-state index contributed by atoms with van der Waals surface area (Å²) < 4.78 is 6.85. The van der Waals surface area contributed by atoms with Crippen LogP contribution in [0.1, 0.15) is 68.2 Å². The molecular formula is C20H28N4O4. The van der Waals surface area contributed by atoms with Gasteiger partial charge in [0, 0.05) is 18.7 Å². The van der Waals surface area contributed by atoms with Crippen molar-refractivity contribution in [1.29, 1.82) is 0 Å². The molecule has 0 saturated heterocycles. The fourth-order valence-electron chi connectivity index (χ4n) is 3.30. The molecule has 0 aromatic carbocycles. The Bertz CT molecular complexity index is 940. The van der Waals surface area contributed by atoms with E-state index in [1.54, 1.807) is 6.07 Å². The second-order valence-electron chi connectivity index (χ2n) is 8.76. The van der Waals surface area contributed by atoms with Crippen LogP contribution in [0.25, 0.3) is 11.0 Å². The number of carboxylic acids is 1. The van der Waals surface area contributed by atoms with Crippen LogP contribution in [0.15, 0.2) is 6.07 Å². The molecule has 1 aliphatic rings. The molecule has 8 heteroatoms. The maximum atomic E-state index is 13.2. The third kappa shape index (κ3) is 3.61. The van der Waals surface area contributed by atoms with Crippen LogP contribution in [0.2, 0.25) is 0 Å². The van der Waals surface area contributed by atoms with Crippen LogP contribution in [-0.4, -0.2) is 51.0 Å². The number of fused-ring (bicyclic) bond motifs is 1. The van der Waals surface area contributed by atoms with Gasteiger partial charge in [-0.2, -0.15) is 5.10 Å². The van der Waals surface area contributed by atoms with Crippen LogP contribution in [0, 0.1) is 6.92 Å². The van der Waals surface area contributed by atoms with Crippen LogP contribution in [0.5, 0.6) is 0 Å². The Morgan fingerprint density at radius 2 is 1.96 bits per heavy atom. The normalized spacial score (nSPS) is 16.8. The summed E-state index contributed by atoms with van der Waals surface area (Å²) in [5, 5.41) is 17.5. The standard InChI is InChI=1S/C20H28N4O4/c1-11-15-13(17(25)22-20(5,10-28-6)18(26)27)9-14(12-7-8-12)21-16(15)24(23-11)19(2,3)4/h9,12H,7-8,10H2,1-6H3,(H,22,25)(H,26,27). The minimum Gasteiger partial charge on any atom is -0.479 e. The number of ether oxygens (including phenoxy) is 1. The van der Waals surface area contributed by atoms with Crippen LogP contribution in [-0.2, 0) is 15.1 Å². The highest BCUT2D eigenvalue weighted by Crippen LogP contribution is 2.41. The molecule has 1 saturated carbocycles. The number of hydrogen-bond donors (Lipinski definition) is 2. The number of aliphatic carboxylic acids is 1. The number of methoxy groups -OCH3 is 1. The van der Waals surface area contributed by atoms with E-state index in [1.165, 1.54) is 14.0 Å². The number of pyridine rings is 1. The van der Waals surface area contributed by atoms with E-state index in [9.17, 15) is 14.7 Å². The minimum atomic E-state index is -1.53. The monoisotopic (exact) mass is 388 g/mol. The molecule has 8 nitrogen and oxygen atoms in total. The van der Waals surface area contributed by atoms with Crippen molar-refractivity contribution in [2.24, 2.45) is 0 Å². The SMILES string of the molecule is COCC(C)(NC(=O)c1cc(C2CC2)nc2c1c(C)nn2C(C)(C)C)C(=O)O.